The quantitative estimate of drug-likeness (QED) is 0.211. The Hall–Kier alpha value is -4.49. The van der Waals surface area contributed by atoms with E-state index in [1.54, 1.807) is 0 Å². The molecule has 0 atom stereocenters. The number of nitriles is 1. The van der Waals surface area contributed by atoms with E-state index in [9.17, 15) is 27.6 Å². The Bertz CT molecular complexity index is 1660. The third kappa shape index (κ3) is 6.38. The molecule has 3 aromatic rings. The highest BCUT2D eigenvalue weighted by atomic mass is 19.4. The van der Waals surface area contributed by atoms with Crippen molar-refractivity contribution in [2.45, 2.75) is 45.2 Å². The maximum absolute atomic E-state index is 13.4. The van der Waals surface area contributed by atoms with Gasteiger partial charge in [-0.1, -0.05) is 49.2 Å². The molecule has 0 N–H and O–H groups in total. The molecule has 1 fully saturated rings. The van der Waals surface area contributed by atoms with Gasteiger partial charge in [0.2, 0.25) is 0 Å². The van der Waals surface area contributed by atoms with Crippen LogP contribution in [-0.4, -0.2) is 60.2 Å². The van der Waals surface area contributed by atoms with Crippen molar-refractivity contribution in [1.82, 2.24) is 9.80 Å². The molecule has 0 aliphatic carbocycles. The number of unbranched alkanes of at least 4 members (excludes halogenated alkanes) is 3. The summed E-state index contributed by atoms with van der Waals surface area (Å²) in [5, 5.41) is 11.1. The minimum Gasteiger partial charge on any atom is -0.336 e. The van der Waals surface area contributed by atoms with Crippen LogP contribution in [0.15, 0.2) is 71.8 Å². The normalized spacial score (nSPS) is 16.2. The van der Waals surface area contributed by atoms with Crippen molar-refractivity contribution in [1.29, 1.82) is 5.26 Å². The van der Waals surface area contributed by atoms with Crippen molar-refractivity contribution in [3.8, 4) is 6.07 Å². The Morgan fingerprint density at radius 1 is 0.886 bits per heavy atom. The van der Waals surface area contributed by atoms with Crippen LogP contribution in [0.1, 0.15) is 60.5 Å². The van der Waals surface area contributed by atoms with E-state index in [2.05, 4.69) is 4.90 Å². The summed E-state index contributed by atoms with van der Waals surface area (Å²) in [6.45, 7) is 5.39. The van der Waals surface area contributed by atoms with E-state index >= 15 is 0 Å². The third-order valence-corrected chi connectivity index (χ3v) is 8.46. The summed E-state index contributed by atoms with van der Waals surface area (Å²) >= 11 is 0. The first-order valence-electron chi connectivity index (χ1n) is 14.8. The Morgan fingerprint density at radius 3 is 2.32 bits per heavy atom. The lowest BCUT2D eigenvalue weighted by atomic mass is 10.0. The molecule has 5 rings (SSSR count). The van der Waals surface area contributed by atoms with E-state index in [0.717, 1.165) is 66.2 Å². The van der Waals surface area contributed by atoms with Crippen molar-refractivity contribution in [3.05, 3.63) is 88.5 Å². The van der Waals surface area contributed by atoms with E-state index < -0.39 is 29.1 Å². The molecule has 3 aromatic carbocycles. The van der Waals surface area contributed by atoms with Gasteiger partial charge in [0.15, 0.2) is 0 Å². The standard InChI is InChI=1S/C34H33F3N4O3/c1-23-27(33(44)41(31(23)42)26-15-14-25(22-38)30(21-26)34(35,36)37)11-4-2-3-7-16-39-17-19-40(20-18-39)32(43)29-13-8-10-24-9-5-6-12-28(24)29/h5-6,8-10,12-15,21H,2-4,7,11,16-20H2,1H3. The second-order valence-electron chi connectivity index (χ2n) is 11.2. The molecule has 0 radical (unpaired) electrons. The van der Waals surface area contributed by atoms with Gasteiger partial charge in [0.1, 0.15) is 0 Å². The SMILES string of the molecule is CC1=C(CCCCCCN2CCN(C(=O)c3cccc4ccccc34)CC2)C(=O)N(c2ccc(C#N)c(C(F)(F)F)c2)C1=O. The number of carbonyl (C=O) groups excluding carboxylic acids is 3. The lowest BCUT2D eigenvalue weighted by Crippen LogP contribution is -2.48. The first-order valence-corrected chi connectivity index (χ1v) is 14.8. The van der Waals surface area contributed by atoms with Crippen LogP contribution in [0.3, 0.4) is 0 Å². The van der Waals surface area contributed by atoms with Crippen LogP contribution >= 0.6 is 0 Å². The molecule has 2 aliphatic rings. The van der Waals surface area contributed by atoms with Crippen LogP contribution in [-0.2, 0) is 15.8 Å². The summed E-state index contributed by atoms with van der Waals surface area (Å²) in [5.74, 6) is -1.19. The molecule has 0 spiro atoms. The highest BCUT2D eigenvalue weighted by Crippen LogP contribution is 2.37. The zero-order valence-electron chi connectivity index (χ0n) is 24.5. The number of hydrogen-bond acceptors (Lipinski definition) is 5. The summed E-state index contributed by atoms with van der Waals surface area (Å²) < 4.78 is 40.3. The van der Waals surface area contributed by atoms with Gasteiger partial charge in [0, 0.05) is 42.9 Å². The van der Waals surface area contributed by atoms with Crippen molar-refractivity contribution >= 4 is 34.2 Å². The number of fused-ring (bicyclic) bond motifs is 1. The number of anilines is 1. The Morgan fingerprint density at radius 2 is 1.59 bits per heavy atom. The van der Waals surface area contributed by atoms with Gasteiger partial charge in [-0.3, -0.25) is 19.3 Å². The lowest BCUT2D eigenvalue weighted by molar-refractivity contribution is -0.138. The minimum atomic E-state index is -4.79. The van der Waals surface area contributed by atoms with Crippen molar-refractivity contribution in [3.63, 3.8) is 0 Å². The fraction of sp³-hybridized carbons (Fsp3) is 0.353. The molecular weight excluding hydrogens is 569 g/mol. The molecule has 228 valence electrons. The number of piperazine rings is 1. The summed E-state index contributed by atoms with van der Waals surface area (Å²) in [6, 6.07) is 18.1. The average molecular weight is 603 g/mol. The number of halogens is 3. The van der Waals surface area contributed by atoms with E-state index in [-0.39, 0.29) is 17.2 Å². The van der Waals surface area contributed by atoms with Gasteiger partial charge in [-0.05, 0) is 67.8 Å². The molecule has 10 heteroatoms. The number of rotatable bonds is 9. The van der Waals surface area contributed by atoms with Crippen LogP contribution in [0.2, 0.25) is 0 Å². The maximum Gasteiger partial charge on any atom is 0.417 e. The first kappa shape index (κ1) is 31.0. The van der Waals surface area contributed by atoms with Gasteiger partial charge < -0.3 is 4.90 Å². The molecule has 0 unspecified atom stereocenters. The second kappa shape index (κ2) is 13.0. The van der Waals surface area contributed by atoms with E-state index in [0.29, 0.717) is 37.6 Å². The Kier molecular flexibility index (Phi) is 9.16. The molecule has 7 nitrogen and oxygen atoms in total. The predicted octanol–water partition coefficient (Wildman–Crippen LogP) is 6.33. The summed E-state index contributed by atoms with van der Waals surface area (Å²) in [5.41, 5.74) is -0.651. The van der Waals surface area contributed by atoms with Crippen LogP contribution in [0.5, 0.6) is 0 Å². The Balaban J connectivity index is 1.06. The molecule has 0 aromatic heterocycles. The number of benzene rings is 3. The molecule has 1 saturated heterocycles. The highest BCUT2D eigenvalue weighted by molar-refractivity contribution is 6.32. The minimum absolute atomic E-state index is 0.0598. The zero-order chi connectivity index (χ0) is 31.4. The lowest BCUT2D eigenvalue weighted by Gasteiger charge is -2.35. The molecular formula is C34H33F3N4O3. The van der Waals surface area contributed by atoms with Crippen molar-refractivity contribution < 1.29 is 27.6 Å². The number of carbonyl (C=O) groups is 3. The largest absolute Gasteiger partial charge is 0.417 e. The number of alkyl halides is 3. The maximum atomic E-state index is 13.4. The van der Waals surface area contributed by atoms with Gasteiger partial charge in [-0.25, -0.2) is 4.90 Å². The molecule has 0 saturated carbocycles. The van der Waals surface area contributed by atoms with Gasteiger partial charge >= 0.3 is 6.18 Å². The van der Waals surface area contributed by atoms with E-state index in [4.69, 9.17) is 5.26 Å². The van der Waals surface area contributed by atoms with E-state index in [1.165, 1.54) is 19.1 Å². The highest BCUT2D eigenvalue weighted by Gasteiger charge is 2.39. The fourth-order valence-corrected chi connectivity index (χ4v) is 5.96. The van der Waals surface area contributed by atoms with Crippen LogP contribution < -0.4 is 4.90 Å². The number of hydrogen-bond donors (Lipinski definition) is 0. The van der Waals surface area contributed by atoms with E-state index in [1.807, 2.05) is 47.4 Å². The smallest absolute Gasteiger partial charge is 0.336 e. The fourth-order valence-electron chi connectivity index (χ4n) is 5.96. The third-order valence-electron chi connectivity index (χ3n) is 8.46. The predicted molar refractivity (Wildman–Crippen MR) is 161 cm³/mol. The average Bonchev–Trinajstić information content (AvgIpc) is 3.24. The van der Waals surface area contributed by atoms with Crippen molar-refractivity contribution in [2.24, 2.45) is 0 Å². The Labute approximate surface area is 254 Å². The molecule has 2 heterocycles. The molecule has 0 bridgehead atoms. The monoisotopic (exact) mass is 602 g/mol. The first-order chi connectivity index (χ1) is 21.1. The summed E-state index contributed by atoms with van der Waals surface area (Å²) in [7, 11) is 0. The van der Waals surface area contributed by atoms with Gasteiger partial charge in [0.25, 0.3) is 17.7 Å². The van der Waals surface area contributed by atoms with Crippen molar-refractivity contribution in [2.75, 3.05) is 37.6 Å². The van der Waals surface area contributed by atoms with Gasteiger partial charge in [-0.15, -0.1) is 0 Å². The summed E-state index contributed by atoms with van der Waals surface area (Å²) in [6.07, 6.45) is -1.02. The number of amides is 3. The number of nitrogens with zero attached hydrogens (tertiary/aromatic N) is 4. The molecule has 3 amide bonds. The van der Waals surface area contributed by atoms with Gasteiger partial charge in [0.05, 0.1) is 22.9 Å². The van der Waals surface area contributed by atoms with Crippen LogP contribution in [0.25, 0.3) is 10.8 Å². The van der Waals surface area contributed by atoms with Gasteiger partial charge in [-0.2, -0.15) is 18.4 Å². The topological polar surface area (TPSA) is 84.7 Å². The molecule has 2 aliphatic heterocycles. The molecule has 44 heavy (non-hydrogen) atoms. The number of imide groups is 1. The summed E-state index contributed by atoms with van der Waals surface area (Å²) in [4.78, 5) is 44.1. The van der Waals surface area contributed by atoms with Crippen LogP contribution in [0.4, 0.5) is 18.9 Å². The zero-order valence-corrected chi connectivity index (χ0v) is 24.5. The van der Waals surface area contributed by atoms with Crippen LogP contribution in [0, 0.1) is 11.3 Å². The second-order valence-corrected chi connectivity index (χ2v) is 11.2.